The molecule has 3 aromatic rings. The highest BCUT2D eigenvalue weighted by molar-refractivity contribution is 6.23. The molecule has 1 heterocycles. The van der Waals surface area contributed by atoms with Crippen LogP contribution in [-0.4, -0.2) is 30.1 Å². The number of ether oxygens (including phenoxy) is 1. The van der Waals surface area contributed by atoms with Gasteiger partial charge in [0.05, 0.1) is 36.2 Å². The third-order valence-electron chi connectivity index (χ3n) is 7.67. The first-order chi connectivity index (χ1) is 15.5. The van der Waals surface area contributed by atoms with Crippen molar-refractivity contribution in [1.29, 1.82) is 0 Å². The van der Waals surface area contributed by atoms with Gasteiger partial charge in [-0.3, -0.25) is 9.59 Å². The Morgan fingerprint density at radius 3 is 1.97 bits per heavy atom. The molecule has 1 N–H and O–H groups in total. The molecular formula is C27H23NO4. The van der Waals surface area contributed by atoms with Gasteiger partial charge >= 0.3 is 0 Å². The normalized spacial score (nSPS) is 28.2. The predicted octanol–water partition coefficient (Wildman–Crippen LogP) is 3.63. The van der Waals surface area contributed by atoms with E-state index in [1.807, 2.05) is 48.5 Å². The van der Waals surface area contributed by atoms with Gasteiger partial charge in [0.25, 0.3) is 0 Å². The van der Waals surface area contributed by atoms with Crippen LogP contribution in [0.3, 0.4) is 0 Å². The maximum atomic E-state index is 14.0. The van der Waals surface area contributed by atoms with Crippen molar-refractivity contribution in [3.05, 3.63) is 95.1 Å². The van der Waals surface area contributed by atoms with E-state index in [2.05, 4.69) is 0 Å². The molecule has 1 fully saturated rings. The zero-order valence-electron chi connectivity index (χ0n) is 17.9. The van der Waals surface area contributed by atoms with Crippen LogP contribution in [-0.2, 0) is 15.0 Å². The third kappa shape index (κ3) is 2.12. The molecule has 0 aromatic heterocycles. The Kier molecular flexibility index (Phi) is 3.93. The van der Waals surface area contributed by atoms with Gasteiger partial charge in [0.2, 0.25) is 11.8 Å². The number of aliphatic hydroxyl groups excluding tert-OH is 1. The molecule has 5 nitrogen and oxygen atoms in total. The van der Waals surface area contributed by atoms with Gasteiger partial charge in [0, 0.05) is 5.92 Å². The van der Waals surface area contributed by atoms with Gasteiger partial charge in [0.1, 0.15) is 5.75 Å². The molecule has 2 amide bonds. The number of rotatable bonds is 3. The first-order valence-electron chi connectivity index (χ1n) is 10.9. The Morgan fingerprint density at radius 2 is 1.44 bits per heavy atom. The second-order valence-corrected chi connectivity index (χ2v) is 8.91. The first kappa shape index (κ1) is 19.3. The van der Waals surface area contributed by atoms with E-state index in [1.54, 1.807) is 38.3 Å². The van der Waals surface area contributed by atoms with Crippen LogP contribution in [0, 0.1) is 11.8 Å². The monoisotopic (exact) mass is 425 g/mol. The fourth-order valence-electron chi connectivity index (χ4n) is 6.53. The molecule has 1 saturated heterocycles. The molecule has 0 radical (unpaired) electrons. The molecule has 7 rings (SSSR count). The molecule has 0 saturated carbocycles. The molecule has 2 bridgehead atoms. The second-order valence-electron chi connectivity index (χ2n) is 8.91. The summed E-state index contributed by atoms with van der Waals surface area (Å²) in [6.07, 6.45) is -0.855. The Labute approximate surface area is 186 Å². The maximum absolute atomic E-state index is 14.0. The summed E-state index contributed by atoms with van der Waals surface area (Å²) in [5.41, 5.74) is 3.54. The molecule has 4 aliphatic rings. The van der Waals surface area contributed by atoms with E-state index >= 15 is 0 Å². The lowest BCUT2D eigenvalue weighted by Crippen LogP contribution is -2.58. The topological polar surface area (TPSA) is 66.8 Å². The van der Waals surface area contributed by atoms with Crippen molar-refractivity contribution in [2.45, 2.75) is 24.4 Å². The standard InChI is InChI=1S/C27H23NO4/c1-15(29)27-20-9-5-3-7-18(20)22(19-8-4-6-10-21(19)27)23-24(27)26(31)28(25(23)30)16-11-13-17(32-2)14-12-16/h3-15,22-24,29H,1-2H3/t15-,22?,23+,24+,27?/m0/s1. The SMILES string of the molecule is COc1ccc(N2C(=O)[C@@H]3C4c5ccccc5C([C@H](C)O)(c5ccccc54)[C@H]3C2=O)cc1. The summed E-state index contributed by atoms with van der Waals surface area (Å²) < 4.78 is 5.23. The fourth-order valence-corrected chi connectivity index (χ4v) is 6.53. The van der Waals surface area contributed by atoms with Gasteiger partial charge in [-0.15, -0.1) is 0 Å². The fraction of sp³-hybridized carbons (Fsp3) is 0.259. The van der Waals surface area contributed by atoms with Crippen LogP contribution in [0.4, 0.5) is 5.69 Å². The minimum Gasteiger partial charge on any atom is -0.497 e. The highest BCUT2D eigenvalue weighted by Crippen LogP contribution is 2.65. The van der Waals surface area contributed by atoms with E-state index in [0.29, 0.717) is 11.4 Å². The average Bonchev–Trinajstić information content (AvgIpc) is 3.09. The van der Waals surface area contributed by atoms with E-state index in [1.165, 1.54) is 4.90 Å². The highest BCUT2D eigenvalue weighted by Gasteiger charge is 2.69. The minimum atomic E-state index is -0.972. The average molecular weight is 425 g/mol. The summed E-state index contributed by atoms with van der Waals surface area (Å²) in [7, 11) is 1.58. The minimum absolute atomic E-state index is 0.204. The molecule has 5 heteroatoms. The summed E-state index contributed by atoms with van der Waals surface area (Å²) in [6.45, 7) is 1.74. The third-order valence-corrected chi connectivity index (χ3v) is 7.67. The van der Waals surface area contributed by atoms with Crippen molar-refractivity contribution >= 4 is 17.5 Å². The van der Waals surface area contributed by atoms with Crippen molar-refractivity contribution in [2.75, 3.05) is 12.0 Å². The molecule has 0 spiro atoms. The van der Waals surface area contributed by atoms with Crippen LogP contribution in [0.25, 0.3) is 0 Å². The Hall–Kier alpha value is -3.44. The number of carbonyl (C=O) groups is 2. The lowest BCUT2D eigenvalue weighted by atomic mass is 9.46. The largest absolute Gasteiger partial charge is 0.497 e. The zero-order valence-corrected chi connectivity index (χ0v) is 17.9. The smallest absolute Gasteiger partial charge is 0.239 e. The zero-order chi connectivity index (χ0) is 22.2. The Morgan fingerprint density at radius 1 is 0.875 bits per heavy atom. The van der Waals surface area contributed by atoms with Crippen LogP contribution in [0.15, 0.2) is 72.8 Å². The number of anilines is 1. The van der Waals surface area contributed by atoms with Crippen molar-refractivity contribution < 1.29 is 19.4 Å². The highest BCUT2D eigenvalue weighted by atomic mass is 16.5. The maximum Gasteiger partial charge on any atom is 0.239 e. The van der Waals surface area contributed by atoms with Gasteiger partial charge in [-0.05, 0) is 53.4 Å². The number of carbonyl (C=O) groups excluding carboxylic acids is 2. The van der Waals surface area contributed by atoms with Crippen molar-refractivity contribution in [3.63, 3.8) is 0 Å². The number of methoxy groups -OCH3 is 1. The van der Waals surface area contributed by atoms with Crippen molar-refractivity contribution in [1.82, 2.24) is 0 Å². The quantitative estimate of drug-likeness (QED) is 0.651. The number of aliphatic hydroxyl groups is 1. The Bertz CT molecular complexity index is 1220. The van der Waals surface area contributed by atoms with Gasteiger partial charge in [0.15, 0.2) is 0 Å². The van der Waals surface area contributed by atoms with Crippen molar-refractivity contribution in [2.24, 2.45) is 11.8 Å². The first-order valence-corrected chi connectivity index (χ1v) is 10.9. The molecule has 32 heavy (non-hydrogen) atoms. The lowest BCUT2D eigenvalue weighted by Gasteiger charge is -2.55. The number of imide groups is 1. The number of amides is 2. The molecule has 0 unspecified atom stereocenters. The number of nitrogens with zero attached hydrogens (tertiary/aromatic N) is 1. The van der Waals surface area contributed by atoms with Crippen LogP contribution in [0.2, 0.25) is 0 Å². The molecule has 1 aliphatic heterocycles. The molecule has 3 aliphatic carbocycles. The lowest BCUT2D eigenvalue weighted by molar-refractivity contribution is -0.126. The summed E-state index contributed by atoms with van der Waals surface area (Å²) in [5, 5.41) is 11.3. The number of hydrogen-bond donors (Lipinski definition) is 1. The summed E-state index contributed by atoms with van der Waals surface area (Å²) in [6, 6.07) is 22.9. The van der Waals surface area contributed by atoms with Crippen LogP contribution in [0.5, 0.6) is 5.75 Å². The number of benzene rings is 3. The van der Waals surface area contributed by atoms with E-state index < -0.39 is 23.4 Å². The van der Waals surface area contributed by atoms with E-state index in [9.17, 15) is 14.7 Å². The van der Waals surface area contributed by atoms with E-state index in [0.717, 1.165) is 22.3 Å². The Balaban J connectivity index is 1.62. The second kappa shape index (κ2) is 6.53. The van der Waals surface area contributed by atoms with Gasteiger partial charge in [-0.2, -0.15) is 0 Å². The predicted molar refractivity (Wildman–Crippen MR) is 120 cm³/mol. The summed E-state index contributed by atoms with van der Waals surface area (Å²) >= 11 is 0. The van der Waals surface area contributed by atoms with E-state index in [-0.39, 0.29) is 17.7 Å². The van der Waals surface area contributed by atoms with Crippen LogP contribution >= 0.6 is 0 Å². The molecular weight excluding hydrogens is 402 g/mol. The molecule has 160 valence electrons. The van der Waals surface area contributed by atoms with Crippen LogP contribution in [0.1, 0.15) is 35.1 Å². The summed E-state index contributed by atoms with van der Waals surface area (Å²) in [5.74, 6) is -1.22. The number of hydrogen-bond acceptors (Lipinski definition) is 4. The van der Waals surface area contributed by atoms with E-state index in [4.69, 9.17) is 4.74 Å². The van der Waals surface area contributed by atoms with Crippen molar-refractivity contribution in [3.8, 4) is 5.75 Å². The summed E-state index contributed by atoms with van der Waals surface area (Å²) in [4.78, 5) is 29.2. The molecule has 3 aromatic carbocycles. The molecule has 3 atom stereocenters. The van der Waals surface area contributed by atoms with Gasteiger partial charge in [-0.1, -0.05) is 48.5 Å². The van der Waals surface area contributed by atoms with Gasteiger partial charge < -0.3 is 9.84 Å². The van der Waals surface area contributed by atoms with Gasteiger partial charge in [-0.25, -0.2) is 4.90 Å². The van der Waals surface area contributed by atoms with Crippen LogP contribution < -0.4 is 9.64 Å².